The summed E-state index contributed by atoms with van der Waals surface area (Å²) in [5, 5.41) is 14.0. The Balaban J connectivity index is 1.59. The monoisotopic (exact) mass is 707 g/mol. The van der Waals surface area contributed by atoms with Crippen LogP contribution in [0.4, 0.5) is 0 Å². The van der Waals surface area contributed by atoms with E-state index < -0.39 is 47.0 Å². The third-order valence-electron chi connectivity index (χ3n) is 9.15. The number of carbonyl (C=O) groups excluding carboxylic acids is 6. The SMILES string of the molecule is CC[C@@]12CCCN(C1)C(=O)/C=C/C(=O)NCC[C@@H](C(=O)NCCOCCN)NC(=O)Cc1ccccc1CNC(=O)[C@H](Cc1ccco1)NC2=O. The highest BCUT2D eigenvalue weighted by molar-refractivity contribution is 5.97. The summed E-state index contributed by atoms with van der Waals surface area (Å²) in [6, 6.07) is 8.56. The summed E-state index contributed by atoms with van der Waals surface area (Å²) in [6.07, 6.45) is 5.34. The number of rotatable bonds is 9. The van der Waals surface area contributed by atoms with Crippen LogP contribution in [0.15, 0.2) is 59.2 Å². The van der Waals surface area contributed by atoms with Gasteiger partial charge in [-0.05, 0) is 48.9 Å². The molecular formula is C36H49N7O8. The zero-order valence-corrected chi connectivity index (χ0v) is 29.0. The summed E-state index contributed by atoms with van der Waals surface area (Å²) in [7, 11) is 0. The van der Waals surface area contributed by atoms with Crippen molar-refractivity contribution in [2.45, 2.75) is 64.1 Å². The fourth-order valence-electron chi connectivity index (χ4n) is 6.21. The van der Waals surface area contributed by atoms with Gasteiger partial charge in [0.15, 0.2) is 0 Å². The second-order valence-electron chi connectivity index (χ2n) is 12.7. The molecule has 15 nitrogen and oxygen atoms in total. The van der Waals surface area contributed by atoms with Crippen molar-refractivity contribution < 1.29 is 37.9 Å². The van der Waals surface area contributed by atoms with E-state index in [-0.39, 0.29) is 58.0 Å². The van der Waals surface area contributed by atoms with Gasteiger partial charge in [0.05, 0.1) is 31.3 Å². The number of piperidine rings is 1. The smallest absolute Gasteiger partial charge is 0.246 e. The maximum absolute atomic E-state index is 14.0. The molecule has 0 aliphatic carbocycles. The molecule has 6 amide bonds. The lowest BCUT2D eigenvalue weighted by molar-refractivity contribution is -0.142. The summed E-state index contributed by atoms with van der Waals surface area (Å²) in [6.45, 7) is 3.62. The molecule has 276 valence electrons. The van der Waals surface area contributed by atoms with E-state index in [1.54, 1.807) is 36.4 Å². The van der Waals surface area contributed by atoms with E-state index >= 15 is 0 Å². The number of carbonyl (C=O) groups is 6. The highest BCUT2D eigenvalue weighted by Gasteiger charge is 2.43. The second-order valence-corrected chi connectivity index (χ2v) is 12.7. The summed E-state index contributed by atoms with van der Waals surface area (Å²) >= 11 is 0. The standard InChI is InChI=1S/C36H49N7O8/c1-2-36-13-6-17-43(24-36)32(46)11-10-30(44)38-15-12-28(33(47)39-16-20-50-19-14-37)41-31(45)21-25-7-3-4-8-26(25)23-40-34(48)29(42-35(36)49)22-27-9-5-18-51-27/h3-5,7-11,18,28-29H,2,6,12-17,19-24,37H2,1H3,(H,38,44)(H,39,47)(H,40,48)(H,41,45)(H,42,49)/b11-10+/t28-,29-,36+/m0/s1. The number of benzene rings is 1. The van der Waals surface area contributed by atoms with Crippen LogP contribution in [0.1, 0.15) is 49.5 Å². The minimum atomic E-state index is -0.991. The predicted octanol–water partition coefficient (Wildman–Crippen LogP) is -0.163. The maximum Gasteiger partial charge on any atom is 0.246 e. The Bertz CT molecular complexity index is 1550. The molecule has 0 unspecified atom stereocenters. The van der Waals surface area contributed by atoms with Gasteiger partial charge in [-0.2, -0.15) is 0 Å². The first-order valence-electron chi connectivity index (χ1n) is 17.4. The largest absolute Gasteiger partial charge is 0.469 e. The van der Waals surface area contributed by atoms with Crippen LogP contribution in [0.5, 0.6) is 0 Å². The van der Waals surface area contributed by atoms with Crippen LogP contribution < -0.4 is 32.3 Å². The van der Waals surface area contributed by atoms with Crippen LogP contribution in [0.25, 0.3) is 0 Å². The number of nitrogens with zero attached hydrogens (tertiary/aromatic N) is 1. The number of amides is 6. The van der Waals surface area contributed by atoms with Gasteiger partial charge in [-0.3, -0.25) is 28.8 Å². The first kappa shape index (κ1) is 38.8. The van der Waals surface area contributed by atoms with Gasteiger partial charge in [-0.1, -0.05) is 31.2 Å². The number of nitrogens with two attached hydrogens (primary N) is 1. The van der Waals surface area contributed by atoms with Gasteiger partial charge < -0.3 is 46.4 Å². The molecule has 3 atom stereocenters. The number of nitrogens with one attached hydrogen (secondary N) is 5. The Labute approximate surface area is 297 Å². The zero-order valence-electron chi connectivity index (χ0n) is 29.0. The minimum Gasteiger partial charge on any atom is -0.469 e. The zero-order chi connectivity index (χ0) is 36.6. The predicted molar refractivity (Wildman–Crippen MR) is 186 cm³/mol. The lowest BCUT2D eigenvalue weighted by Crippen LogP contribution is -2.57. The van der Waals surface area contributed by atoms with Crippen molar-refractivity contribution in [2.24, 2.45) is 11.1 Å². The van der Waals surface area contributed by atoms with Crippen LogP contribution in [0, 0.1) is 5.41 Å². The molecule has 1 aromatic heterocycles. The molecule has 15 heteroatoms. The number of hydrogen-bond acceptors (Lipinski definition) is 9. The molecule has 1 saturated heterocycles. The van der Waals surface area contributed by atoms with Gasteiger partial charge in [-0.25, -0.2) is 0 Å². The highest BCUT2D eigenvalue weighted by Crippen LogP contribution is 2.34. The molecule has 7 N–H and O–H groups in total. The number of furan rings is 1. The van der Waals surface area contributed by atoms with E-state index in [1.807, 2.05) is 6.92 Å². The number of ether oxygens (including phenoxy) is 1. The molecule has 2 aliphatic heterocycles. The number of hydrogen-bond donors (Lipinski definition) is 6. The van der Waals surface area contributed by atoms with Gasteiger partial charge in [0.25, 0.3) is 0 Å². The Kier molecular flexibility index (Phi) is 14.7. The van der Waals surface area contributed by atoms with E-state index in [4.69, 9.17) is 14.9 Å². The van der Waals surface area contributed by atoms with Crippen LogP contribution in [0.2, 0.25) is 0 Å². The molecular weight excluding hydrogens is 658 g/mol. The van der Waals surface area contributed by atoms with Crippen molar-refractivity contribution in [2.75, 3.05) is 45.9 Å². The van der Waals surface area contributed by atoms with Crippen molar-refractivity contribution in [3.8, 4) is 0 Å². The van der Waals surface area contributed by atoms with Gasteiger partial charge >= 0.3 is 0 Å². The highest BCUT2D eigenvalue weighted by atomic mass is 16.5. The summed E-state index contributed by atoms with van der Waals surface area (Å²) in [5.41, 5.74) is 5.80. The number of fused-ring (bicyclic) bond motifs is 3. The van der Waals surface area contributed by atoms with Crippen LogP contribution in [0.3, 0.4) is 0 Å². The van der Waals surface area contributed by atoms with Crippen LogP contribution in [-0.2, 0) is 52.9 Å². The maximum atomic E-state index is 14.0. The Morgan fingerprint density at radius 3 is 2.59 bits per heavy atom. The van der Waals surface area contributed by atoms with Crippen molar-refractivity contribution in [3.63, 3.8) is 0 Å². The van der Waals surface area contributed by atoms with Crippen molar-refractivity contribution >= 4 is 35.4 Å². The normalized spacial score (nSPS) is 23.3. The van der Waals surface area contributed by atoms with E-state index in [0.717, 1.165) is 12.2 Å². The molecule has 51 heavy (non-hydrogen) atoms. The molecule has 0 spiro atoms. The molecule has 4 rings (SSSR count). The molecule has 2 aliphatic rings. The molecule has 2 bridgehead atoms. The first-order valence-corrected chi connectivity index (χ1v) is 17.4. The quantitative estimate of drug-likeness (QED) is 0.191. The van der Waals surface area contributed by atoms with Crippen molar-refractivity contribution in [1.29, 1.82) is 0 Å². The van der Waals surface area contributed by atoms with E-state index in [2.05, 4.69) is 26.6 Å². The molecule has 2 aromatic rings. The topological polar surface area (TPSA) is 214 Å². The lowest BCUT2D eigenvalue weighted by atomic mass is 9.76. The summed E-state index contributed by atoms with van der Waals surface area (Å²) in [4.78, 5) is 81.4. The third-order valence-corrected chi connectivity index (χ3v) is 9.15. The Morgan fingerprint density at radius 2 is 1.84 bits per heavy atom. The van der Waals surface area contributed by atoms with E-state index in [0.29, 0.717) is 55.8 Å². The van der Waals surface area contributed by atoms with Crippen molar-refractivity contribution in [1.82, 2.24) is 31.5 Å². The fraction of sp³-hybridized carbons (Fsp3) is 0.500. The summed E-state index contributed by atoms with van der Waals surface area (Å²) < 4.78 is 10.8. The molecule has 0 radical (unpaired) electrons. The molecule has 3 heterocycles. The Morgan fingerprint density at radius 1 is 1.04 bits per heavy atom. The van der Waals surface area contributed by atoms with E-state index in [1.165, 1.54) is 11.2 Å². The molecule has 1 fully saturated rings. The summed E-state index contributed by atoms with van der Waals surface area (Å²) in [5.74, 6) is -2.17. The van der Waals surface area contributed by atoms with E-state index in [9.17, 15) is 28.8 Å². The van der Waals surface area contributed by atoms with Gasteiger partial charge in [0.1, 0.15) is 17.8 Å². The minimum absolute atomic E-state index is 0.0318. The average molecular weight is 708 g/mol. The van der Waals surface area contributed by atoms with Crippen molar-refractivity contribution in [3.05, 3.63) is 71.7 Å². The Hall–Kier alpha value is -5.02. The molecule has 0 saturated carbocycles. The van der Waals surface area contributed by atoms with Gasteiger partial charge in [-0.15, -0.1) is 0 Å². The van der Waals surface area contributed by atoms with Gasteiger partial charge in [0, 0.05) is 57.8 Å². The lowest BCUT2D eigenvalue weighted by Gasteiger charge is -2.41. The van der Waals surface area contributed by atoms with Gasteiger partial charge in [0.2, 0.25) is 35.4 Å². The first-order chi connectivity index (χ1) is 24.6. The molecule has 1 aromatic carbocycles. The second kappa shape index (κ2) is 19.4. The van der Waals surface area contributed by atoms with Crippen LogP contribution in [-0.4, -0.2) is 98.4 Å². The average Bonchev–Trinajstić information content (AvgIpc) is 3.65. The third kappa shape index (κ3) is 11.5. The fourth-order valence-corrected chi connectivity index (χ4v) is 6.21. The van der Waals surface area contributed by atoms with Crippen LogP contribution >= 0.6 is 0 Å².